The van der Waals surface area contributed by atoms with Crippen molar-refractivity contribution in [1.29, 1.82) is 0 Å². The Morgan fingerprint density at radius 1 is 1.25 bits per heavy atom. The van der Waals surface area contributed by atoms with Gasteiger partial charge in [0.05, 0.1) is 0 Å². The lowest BCUT2D eigenvalue weighted by Crippen LogP contribution is -2.47. The lowest BCUT2D eigenvalue weighted by atomic mass is 10.1. The number of anilines is 1. The fraction of sp³-hybridized carbons (Fsp3) is 0.500. The van der Waals surface area contributed by atoms with Gasteiger partial charge < -0.3 is 10.2 Å². The van der Waals surface area contributed by atoms with E-state index in [1.165, 1.54) is 0 Å². The van der Waals surface area contributed by atoms with Gasteiger partial charge >= 0.3 is 0 Å². The Hall–Kier alpha value is -1.84. The number of hydrogen-bond acceptors (Lipinski definition) is 3. The first kappa shape index (κ1) is 14.6. The molecule has 1 aliphatic heterocycles. The third kappa shape index (κ3) is 3.00. The lowest BCUT2D eigenvalue weighted by Gasteiger charge is -2.30. The van der Waals surface area contributed by atoms with Crippen molar-refractivity contribution in [2.75, 3.05) is 11.4 Å². The van der Waals surface area contributed by atoms with Crippen molar-refractivity contribution in [1.82, 2.24) is 5.32 Å². The normalized spacial score (nSPS) is 16.6. The molecule has 20 heavy (non-hydrogen) atoms. The van der Waals surface area contributed by atoms with Crippen LogP contribution in [-0.4, -0.2) is 30.3 Å². The van der Waals surface area contributed by atoms with Crippen LogP contribution in [0.3, 0.4) is 0 Å². The van der Waals surface area contributed by atoms with Crippen LogP contribution in [-0.2, 0) is 4.79 Å². The monoisotopic (exact) mass is 274 g/mol. The fourth-order valence-corrected chi connectivity index (χ4v) is 2.57. The number of benzene rings is 1. The molecular formula is C16H22N2O2. The Morgan fingerprint density at radius 3 is 2.65 bits per heavy atom. The molecule has 0 aromatic heterocycles. The van der Waals surface area contributed by atoms with Crippen molar-refractivity contribution in [2.24, 2.45) is 0 Å². The molecule has 1 aromatic carbocycles. The smallest absolute Gasteiger partial charge is 0.242 e. The molecule has 1 aromatic rings. The Bertz CT molecular complexity index is 511. The van der Waals surface area contributed by atoms with Crippen LogP contribution in [0.1, 0.15) is 44.0 Å². The van der Waals surface area contributed by atoms with E-state index in [-0.39, 0.29) is 23.8 Å². The summed E-state index contributed by atoms with van der Waals surface area (Å²) in [5, 5.41) is 2.94. The van der Waals surface area contributed by atoms with Crippen molar-refractivity contribution >= 4 is 17.4 Å². The number of rotatable bonds is 3. The highest BCUT2D eigenvalue weighted by molar-refractivity contribution is 6.02. The second kappa shape index (κ2) is 6.07. The number of carbonyl (C=O) groups excluding carboxylic acids is 2. The average Bonchev–Trinajstić information content (AvgIpc) is 2.57. The summed E-state index contributed by atoms with van der Waals surface area (Å²) in [6.45, 7) is 6.52. The third-order valence-electron chi connectivity index (χ3n) is 3.59. The van der Waals surface area contributed by atoms with Crippen molar-refractivity contribution in [3.05, 3.63) is 29.8 Å². The summed E-state index contributed by atoms with van der Waals surface area (Å²) >= 11 is 0. The van der Waals surface area contributed by atoms with Crippen LogP contribution in [0.5, 0.6) is 0 Å². The zero-order valence-corrected chi connectivity index (χ0v) is 12.3. The number of para-hydroxylation sites is 1. The van der Waals surface area contributed by atoms with Gasteiger partial charge in [-0.1, -0.05) is 12.1 Å². The largest absolute Gasteiger partial charge is 0.359 e. The van der Waals surface area contributed by atoms with Gasteiger partial charge in [-0.3, -0.25) is 9.59 Å². The molecule has 0 bridgehead atoms. The fourth-order valence-electron chi connectivity index (χ4n) is 2.57. The number of Topliss-reactive ketones (excluding diaryl/α,β-unsaturated/α-hetero) is 1. The minimum absolute atomic E-state index is 0.00384. The number of fused-ring (bicyclic) bond motifs is 1. The van der Waals surface area contributed by atoms with Gasteiger partial charge in [0.25, 0.3) is 0 Å². The van der Waals surface area contributed by atoms with Gasteiger partial charge in [0.1, 0.15) is 6.04 Å². The highest BCUT2D eigenvalue weighted by atomic mass is 16.2. The molecule has 2 rings (SSSR count). The molecule has 0 saturated carbocycles. The Morgan fingerprint density at radius 2 is 1.95 bits per heavy atom. The van der Waals surface area contributed by atoms with E-state index in [0.717, 1.165) is 24.2 Å². The number of carbonyl (C=O) groups is 2. The summed E-state index contributed by atoms with van der Waals surface area (Å²) in [6.07, 6.45) is 1.33. The SMILES string of the molecule is CC(C)NC(=O)C(C)N1CCCC(=O)c2ccccc21. The molecule has 1 heterocycles. The summed E-state index contributed by atoms with van der Waals surface area (Å²) in [6, 6.07) is 7.41. The summed E-state index contributed by atoms with van der Waals surface area (Å²) in [5.74, 6) is 0.170. The minimum atomic E-state index is -0.274. The molecule has 1 amide bonds. The molecule has 0 aliphatic carbocycles. The Balaban J connectivity index is 2.29. The first-order valence-electron chi connectivity index (χ1n) is 7.20. The molecular weight excluding hydrogens is 252 g/mol. The quantitative estimate of drug-likeness (QED) is 0.920. The van der Waals surface area contributed by atoms with Crippen LogP contribution in [0.4, 0.5) is 5.69 Å². The zero-order valence-electron chi connectivity index (χ0n) is 12.3. The van der Waals surface area contributed by atoms with Crippen LogP contribution in [0.15, 0.2) is 24.3 Å². The van der Waals surface area contributed by atoms with E-state index in [0.29, 0.717) is 6.42 Å². The summed E-state index contributed by atoms with van der Waals surface area (Å²) < 4.78 is 0. The maximum atomic E-state index is 12.2. The summed E-state index contributed by atoms with van der Waals surface area (Å²) in [4.78, 5) is 26.4. The number of amides is 1. The maximum absolute atomic E-state index is 12.2. The highest BCUT2D eigenvalue weighted by Crippen LogP contribution is 2.27. The standard InChI is InChI=1S/C16H22N2O2/c1-11(2)17-16(20)12(3)18-10-6-9-15(19)13-7-4-5-8-14(13)18/h4-5,7-8,11-12H,6,9-10H2,1-3H3,(H,17,20). The first-order chi connectivity index (χ1) is 9.50. The second-order valence-corrected chi connectivity index (χ2v) is 5.58. The average molecular weight is 274 g/mol. The summed E-state index contributed by atoms with van der Waals surface area (Å²) in [5.41, 5.74) is 1.61. The molecule has 0 radical (unpaired) electrons. The Kier molecular flexibility index (Phi) is 4.42. The van der Waals surface area contributed by atoms with E-state index in [9.17, 15) is 9.59 Å². The van der Waals surface area contributed by atoms with Gasteiger partial charge in [-0.15, -0.1) is 0 Å². The van der Waals surface area contributed by atoms with Gasteiger partial charge in [-0.25, -0.2) is 0 Å². The van der Waals surface area contributed by atoms with Gasteiger partial charge in [0.15, 0.2) is 5.78 Å². The van der Waals surface area contributed by atoms with Crippen molar-refractivity contribution < 1.29 is 9.59 Å². The third-order valence-corrected chi connectivity index (χ3v) is 3.59. The molecule has 1 atom stereocenters. The van der Waals surface area contributed by atoms with Gasteiger partial charge in [0, 0.05) is 30.3 Å². The van der Waals surface area contributed by atoms with Crippen LogP contribution in [0, 0.1) is 0 Å². The first-order valence-corrected chi connectivity index (χ1v) is 7.20. The van der Waals surface area contributed by atoms with E-state index < -0.39 is 0 Å². The lowest BCUT2D eigenvalue weighted by molar-refractivity contribution is -0.122. The van der Waals surface area contributed by atoms with Crippen molar-refractivity contribution in [3.63, 3.8) is 0 Å². The zero-order chi connectivity index (χ0) is 14.7. The molecule has 0 spiro atoms. The van der Waals surface area contributed by atoms with E-state index in [2.05, 4.69) is 5.32 Å². The molecule has 1 unspecified atom stereocenters. The molecule has 1 aliphatic rings. The number of hydrogen-bond donors (Lipinski definition) is 1. The molecule has 108 valence electrons. The predicted octanol–water partition coefficient (Wildman–Crippen LogP) is 2.38. The minimum Gasteiger partial charge on any atom is -0.359 e. The van der Waals surface area contributed by atoms with Crippen LogP contribution in [0.2, 0.25) is 0 Å². The number of ketones is 1. The maximum Gasteiger partial charge on any atom is 0.242 e. The Labute approximate surface area is 120 Å². The van der Waals surface area contributed by atoms with Crippen molar-refractivity contribution in [3.8, 4) is 0 Å². The van der Waals surface area contributed by atoms with Crippen molar-refractivity contribution in [2.45, 2.75) is 45.7 Å². The summed E-state index contributed by atoms with van der Waals surface area (Å²) in [7, 11) is 0. The van der Waals surface area contributed by atoms with Crippen LogP contribution in [0.25, 0.3) is 0 Å². The molecule has 4 nitrogen and oxygen atoms in total. The molecule has 1 N–H and O–H groups in total. The topological polar surface area (TPSA) is 49.4 Å². The van der Waals surface area contributed by atoms with Crippen LogP contribution < -0.4 is 10.2 Å². The highest BCUT2D eigenvalue weighted by Gasteiger charge is 2.27. The molecule has 0 fully saturated rings. The van der Waals surface area contributed by atoms with Crippen LogP contribution >= 0.6 is 0 Å². The molecule has 4 heteroatoms. The predicted molar refractivity (Wildman–Crippen MR) is 80.1 cm³/mol. The van der Waals surface area contributed by atoms with E-state index in [4.69, 9.17) is 0 Å². The number of nitrogens with one attached hydrogen (secondary N) is 1. The van der Waals surface area contributed by atoms with E-state index in [1.807, 2.05) is 49.9 Å². The van der Waals surface area contributed by atoms with E-state index >= 15 is 0 Å². The van der Waals surface area contributed by atoms with Gasteiger partial charge in [0.2, 0.25) is 5.91 Å². The van der Waals surface area contributed by atoms with Gasteiger partial charge in [-0.05, 0) is 39.3 Å². The second-order valence-electron chi connectivity index (χ2n) is 5.58. The molecule has 0 saturated heterocycles. The van der Waals surface area contributed by atoms with E-state index in [1.54, 1.807) is 0 Å². The van der Waals surface area contributed by atoms with Gasteiger partial charge in [-0.2, -0.15) is 0 Å². The number of nitrogens with zero attached hydrogens (tertiary/aromatic N) is 1.